The summed E-state index contributed by atoms with van der Waals surface area (Å²) in [6, 6.07) is 19.0. The largest absolute Gasteiger partial charge is 0.507 e. The molecule has 0 spiro atoms. The lowest BCUT2D eigenvalue weighted by atomic mass is 9.70. The smallest absolute Gasteiger partial charge is 0.186 e. The predicted molar refractivity (Wildman–Crippen MR) is 224 cm³/mol. The molecule has 0 saturated carbocycles. The summed E-state index contributed by atoms with van der Waals surface area (Å²) in [5.74, 6) is 6.86. The van der Waals surface area contributed by atoms with Gasteiger partial charge in [0.1, 0.15) is 11.4 Å². The molecule has 3 nitrogen and oxygen atoms in total. The molecule has 0 aliphatic heterocycles. The van der Waals surface area contributed by atoms with Crippen molar-refractivity contribution in [3.05, 3.63) is 116 Å². The first-order valence-electron chi connectivity index (χ1n) is 18.2. The minimum atomic E-state index is -1.18. The van der Waals surface area contributed by atoms with E-state index in [2.05, 4.69) is 165 Å². The van der Waals surface area contributed by atoms with Crippen molar-refractivity contribution in [3.8, 4) is 17.6 Å². The fourth-order valence-electron chi connectivity index (χ4n) is 6.94. The Kier molecular flexibility index (Phi) is 9.97. The van der Waals surface area contributed by atoms with E-state index in [9.17, 15) is 15.0 Å². The maximum Gasteiger partial charge on any atom is 0.186 e. The van der Waals surface area contributed by atoms with E-state index < -0.39 is 16.4 Å². The van der Waals surface area contributed by atoms with Crippen molar-refractivity contribution in [2.45, 2.75) is 113 Å². The molecule has 0 fully saturated rings. The molecular formula is C48H55BrO3. The van der Waals surface area contributed by atoms with E-state index in [0.29, 0.717) is 5.75 Å². The molecule has 0 heterocycles. The summed E-state index contributed by atoms with van der Waals surface area (Å²) < 4.78 is 0.982. The molecule has 2 N–H and O–H groups in total. The van der Waals surface area contributed by atoms with Gasteiger partial charge in [0.2, 0.25) is 0 Å². The zero-order valence-electron chi connectivity index (χ0n) is 33.5. The number of halogens is 1. The van der Waals surface area contributed by atoms with Crippen LogP contribution in [-0.2, 0) is 15.6 Å². The average molecular weight is 760 g/mol. The Hall–Kier alpha value is -3.91. The summed E-state index contributed by atoms with van der Waals surface area (Å²) >= 11 is 3.93. The molecule has 0 atom stereocenters. The number of benzene rings is 4. The van der Waals surface area contributed by atoms with E-state index in [1.807, 2.05) is 12.1 Å². The van der Waals surface area contributed by atoms with Crippen molar-refractivity contribution in [2.75, 3.05) is 0 Å². The van der Waals surface area contributed by atoms with E-state index in [-0.39, 0.29) is 16.6 Å². The highest BCUT2D eigenvalue weighted by Crippen LogP contribution is 2.46. The lowest BCUT2D eigenvalue weighted by molar-refractivity contribution is -0.114. The lowest BCUT2D eigenvalue weighted by Gasteiger charge is -2.33. The molecule has 4 aromatic carbocycles. The number of aliphatic hydroxyl groups is 1. The van der Waals surface area contributed by atoms with Crippen molar-refractivity contribution in [1.29, 1.82) is 0 Å². The lowest BCUT2D eigenvalue weighted by Crippen LogP contribution is -2.28. The molecule has 0 unspecified atom stereocenters. The van der Waals surface area contributed by atoms with Crippen molar-refractivity contribution in [1.82, 2.24) is 0 Å². The monoisotopic (exact) mass is 758 g/mol. The molecule has 0 bridgehead atoms. The number of fused-ring (bicyclic) bond motifs is 2. The van der Waals surface area contributed by atoms with Crippen LogP contribution in [0.3, 0.4) is 0 Å². The van der Waals surface area contributed by atoms with Gasteiger partial charge in [-0.3, -0.25) is 4.79 Å². The number of phenols is 1. The maximum atomic E-state index is 14.2. The summed E-state index contributed by atoms with van der Waals surface area (Å²) in [5.41, 5.74) is 5.30. The van der Waals surface area contributed by atoms with Crippen molar-refractivity contribution in [3.63, 3.8) is 0 Å². The second kappa shape index (κ2) is 13.2. The Balaban J connectivity index is 2.05. The van der Waals surface area contributed by atoms with Crippen LogP contribution in [0.4, 0.5) is 0 Å². The maximum absolute atomic E-state index is 14.2. The van der Waals surface area contributed by atoms with Gasteiger partial charge in [-0.1, -0.05) is 131 Å². The third-order valence-electron chi connectivity index (χ3n) is 9.75. The summed E-state index contributed by atoms with van der Waals surface area (Å²) in [6.45, 7) is 28.8. The van der Waals surface area contributed by atoms with Crippen LogP contribution >= 0.6 is 15.9 Å². The molecule has 1 aliphatic rings. The minimum absolute atomic E-state index is 0.0812. The molecule has 272 valence electrons. The van der Waals surface area contributed by atoms with Gasteiger partial charge in [0.25, 0.3) is 0 Å². The van der Waals surface area contributed by atoms with Gasteiger partial charge < -0.3 is 10.2 Å². The number of rotatable bonds is 2. The van der Waals surface area contributed by atoms with Crippen LogP contribution in [-0.4, -0.2) is 21.6 Å². The van der Waals surface area contributed by atoms with Crippen molar-refractivity contribution >= 4 is 48.8 Å². The van der Waals surface area contributed by atoms with Gasteiger partial charge in [0.05, 0.1) is 0 Å². The fraction of sp³-hybridized carbons (Fsp3) is 0.396. The van der Waals surface area contributed by atoms with Crippen LogP contribution in [0.2, 0.25) is 0 Å². The molecule has 1 aliphatic carbocycles. The second-order valence-corrected chi connectivity index (χ2v) is 19.8. The second-order valence-electron chi connectivity index (χ2n) is 19.0. The van der Waals surface area contributed by atoms with Crippen LogP contribution in [0.15, 0.2) is 87.9 Å². The predicted octanol–water partition coefficient (Wildman–Crippen LogP) is 12.5. The van der Waals surface area contributed by atoms with Crippen molar-refractivity contribution < 1.29 is 15.0 Å². The number of aromatic hydroxyl groups is 1. The van der Waals surface area contributed by atoms with Gasteiger partial charge in [-0.25, -0.2) is 0 Å². The minimum Gasteiger partial charge on any atom is -0.507 e. The Morgan fingerprint density at radius 3 is 1.56 bits per heavy atom. The third-order valence-corrected chi connectivity index (χ3v) is 10.6. The molecule has 4 aromatic rings. The number of hydrogen-bond acceptors (Lipinski definition) is 3. The van der Waals surface area contributed by atoms with E-state index in [1.54, 1.807) is 13.8 Å². The first kappa shape index (κ1) is 39.3. The Morgan fingerprint density at radius 2 is 1.10 bits per heavy atom. The third kappa shape index (κ3) is 7.73. The van der Waals surface area contributed by atoms with E-state index in [4.69, 9.17) is 0 Å². The molecule has 52 heavy (non-hydrogen) atoms. The van der Waals surface area contributed by atoms with Gasteiger partial charge in [-0.2, -0.15) is 0 Å². The number of carbonyl (C=O) groups excluding carboxylic acids is 1. The zero-order valence-corrected chi connectivity index (χ0v) is 35.1. The van der Waals surface area contributed by atoms with Crippen LogP contribution in [0.1, 0.15) is 125 Å². The highest BCUT2D eigenvalue weighted by Gasteiger charge is 2.35. The summed E-state index contributed by atoms with van der Waals surface area (Å²) in [5, 5.41) is 26.5. The van der Waals surface area contributed by atoms with Gasteiger partial charge >= 0.3 is 0 Å². The molecule has 5 rings (SSSR count). The molecule has 0 saturated heterocycles. The van der Waals surface area contributed by atoms with Crippen LogP contribution in [0, 0.1) is 22.7 Å². The molecule has 4 heteroatoms. The topological polar surface area (TPSA) is 57.5 Å². The van der Waals surface area contributed by atoms with E-state index >= 15 is 0 Å². The van der Waals surface area contributed by atoms with Crippen LogP contribution in [0.25, 0.3) is 27.1 Å². The number of allylic oxidation sites excluding steroid dienone is 5. The highest BCUT2D eigenvalue weighted by atomic mass is 79.9. The van der Waals surface area contributed by atoms with E-state index in [0.717, 1.165) is 76.1 Å². The van der Waals surface area contributed by atoms with Crippen molar-refractivity contribution in [2.24, 2.45) is 10.8 Å². The Labute approximate surface area is 320 Å². The van der Waals surface area contributed by atoms with Crippen LogP contribution in [0.5, 0.6) is 5.75 Å². The first-order chi connectivity index (χ1) is 23.7. The number of hydrogen-bond donors (Lipinski definition) is 2. The van der Waals surface area contributed by atoms with Gasteiger partial charge in [0, 0.05) is 32.3 Å². The normalized spacial score (nSPS) is 14.7. The summed E-state index contributed by atoms with van der Waals surface area (Å²) in [4.78, 5) is 14.2. The van der Waals surface area contributed by atoms with Gasteiger partial charge in [0.15, 0.2) is 5.78 Å². The van der Waals surface area contributed by atoms with Gasteiger partial charge in [-0.15, -0.1) is 0 Å². The molecular weight excluding hydrogens is 704 g/mol. The number of Topliss-reactive ketones (excluding diaryl/α,β-unsaturated/α-hetero) is 1. The average Bonchev–Trinajstić information content (AvgIpc) is 2.99. The summed E-state index contributed by atoms with van der Waals surface area (Å²) in [7, 11) is 0. The highest BCUT2D eigenvalue weighted by molar-refractivity contribution is 9.10. The number of phenolic OH excluding ortho intramolecular Hbond substituents is 1. The number of ketones is 1. The van der Waals surface area contributed by atoms with Gasteiger partial charge in [-0.05, 0) is 126 Å². The summed E-state index contributed by atoms with van der Waals surface area (Å²) in [6.07, 6.45) is 4.17. The molecule has 0 amide bonds. The van der Waals surface area contributed by atoms with Crippen LogP contribution < -0.4 is 0 Å². The quantitative estimate of drug-likeness (QED) is 0.158. The Morgan fingerprint density at radius 1 is 0.615 bits per heavy atom. The van der Waals surface area contributed by atoms with E-state index in [1.165, 1.54) is 0 Å². The standard InChI is InChI=1S/C48H55BrO3/c1-44(2,3)36-24-29(25-37(42(36)50)45(4,5)6)40(30-26-38(46(7,8)9)43(51)39(27-30)47(10,11)12)28-19-20-34-35(23-28)32(21-22-48(13,14)52)31-17-15-16-18-33(31)41(34)49/h15-20,23-27,50,52H,1-14H3. The Bertz CT molecular complexity index is 2210. The first-order valence-corrected chi connectivity index (χ1v) is 19.0. The molecule has 0 aromatic heterocycles. The molecule has 0 radical (unpaired) electrons. The number of carbonyl (C=O) groups is 1. The zero-order chi connectivity index (χ0) is 38.9. The SMILES string of the molecule is CC(C)(O)C#Cc1c2ccccc2c(Br)c2ccc(C(=C3C=C(C(C)(C)C)C(=O)C(C(C)(C)C)=C3)c3cc(C(C)(C)C)c(O)c(C(C)(C)C)c3)cc12. The fourth-order valence-corrected chi connectivity index (χ4v) is 7.63.